The lowest BCUT2D eigenvalue weighted by atomic mass is 10.0. The Morgan fingerprint density at radius 3 is 2.76 bits per heavy atom. The first kappa shape index (κ1) is 13.5. The fourth-order valence-electron chi connectivity index (χ4n) is 2.58. The summed E-state index contributed by atoms with van der Waals surface area (Å²) < 4.78 is 0. The van der Waals surface area contributed by atoms with E-state index in [1.54, 1.807) is 0 Å². The highest BCUT2D eigenvalue weighted by Gasteiger charge is 2.16. The van der Waals surface area contributed by atoms with Crippen LogP contribution >= 0.6 is 0 Å². The number of hydrogen-bond acceptors (Lipinski definition) is 3. The molecule has 0 radical (unpaired) electrons. The first-order valence-electron chi connectivity index (χ1n) is 7.22. The molecule has 0 fully saturated rings. The summed E-state index contributed by atoms with van der Waals surface area (Å²) in [5.74, 6) is 0.0617. The number of fused-ring (bicyclic) bond motifs is 1. The maximum atomic E-state index is 11.4. The van der Waals surface area contributed by atoms with Gasteiger partial charge in [0.05, 0.1) is 11.4 Å². The van der Waals surface area contributed by atoms with Gasteiger partial charge in [-0.1, -0.05) is 30.3 Å². The fraction of sp³-hybridized carbons (Fsp3) is 0.235. The molecular weight excluding hydrogens is 262 g/mol. The van der Waals surface area contributed by atoms with Crippen molar-refractivity contribution in [2.24, 2.45) is 0 Å². The van der Waals surface area contributed by atoms with Gasteiger partial charge in [-0.15, -0.1) is 0 Å². The molecule has 0 atom stereocenters. The number of nitrogen functional groups attached to an aromatic ring is 1. The average Bonchev–Trinajstić information content (AvgIpc) is 2.49. The number of rotatable bonds is 4. The summed E-state index contributed by atoms with van der Waals surface area (Å²) in [6, 6.07) is 14.2. The van der Waals surface area contributed by atoms with E-state index >= 15 is 0 Å². The molecular formula is C17H19N3O. The number of amides is 1. The Morgan fingerprint density at radius 2 is 1.95 bits per heavy atom. The van der Waals surface area contributed by atoms with Crippen LogP contribution < -0.4 is 16.4 Å². The minimum absolute atomic E-state index is 0.0617. The summed E-state index contributed by atoms with van der Waals surface area (Å²) in [5.41, 5.74) is 11.0. The Bertz CT molecular complexity index is 653. The topological polar surface area (TPSA) is 67.1 Å². The van der Waals surface area contributed by atoms with Gasteiger partial charge in [0.1, 0.15) is 0 Å². The predicted octanol–water partition coefficient (Wildman–Crippen LogP) is 2.81. The monoisotopic (exact) mass is 281 g/mol. The third-order valence-electron chi connectivity index (χ3n) is 3.74. The van der Waals surface area contributed by atoms with Crippen LogP contribution in [0.3, 0.4) is 0 Å². The molecule has 0 aromatic heterocycles. The molecule has 4 N–H and O–H groups in total. The number of nitrogens with two attached hydrogens (primary N) is 1. The van der Waals surface area contributed by atoms with Gasteiger partial charge in [0.2, 0.25) is 5.91 Å². The first-order valence-corrected chi connectivity index (χ1v) is 7.22. The van der Waals surface area contributed by atoms with Crippen molar-refractivity contribution in [3.63, 3.8) is 0 Å². The highest BCUT2D eigenvalue weighted by Crippen LogP contribution is 2.30. The maximum Gasteiger partial charge on any atom is 0.224 e. The average molecular weight is 281 g/mol. The Labute approximate surface area is 124 Å². The van der Waals surface area contributed by atoms with Gasteiger partial charge in [-0.2, -0.15) is 0 Å². The lowest BCUT2D eigenvalue weighted by molar-refractivity contribution is -0.116. The number of aryl methyl sites for hydroxylation is 1. The van der Waals surface area contributed by atoms with Crippen molar-refractivity contribution in [2.75, 3.05) is 22.9 Å². The Kier molecular flexibility index (Phi) is 3.77. The van der Waals surface area contributed by atoms with E-state index in [1.165, 1.54) is 5.56 Å². The molecule has 1 aliphatic rings. The Hall–Kier alpha value is -2.49. The molecule has 0 bridgehead atoms. The van der Waals surface area contributed by atoms with Crippen molar-refractivity contribution < 1.29 is 4.79 Å². The molecule has 0 aliphatic carbocycles. The molecule has 21 heavy (non-hydrogen) atoms. The number of anilines is 3. The quantitative estimate of drug-likeness (QED) is 0.755. The molecule has 4 nitrogen and oxygen atoms in total. The molecule has 0 unspecified atom stereocenters. The summed E-state index contributed by atoms with van der Waals surface area (Å²) in [5, 5.41) is 6.25. The lowest BCUT2D eigenvalue weighted by Crippen LogP contribution is -2.19. The van der Waals surface area contributed by atoms with Crippen LogP contribution in [0.5, 0.6) is 0 Å². The van der Waals surface area contributed by atoms with E-state index in [9.17, 15) is 4.79 Å². The zero-order valence-corrected chi connectivity index (χ0v) is 11.9. The Balaban J connectivity index is 1.67. The lowest BCUT2D eigenvalue weighted by Gasteiger charge is -2.19. The summed E-state index contributed by atoms with van der Waals surface area (Å²) in [6.45, 7) is 0.833. The van der Waals surface area contributed by atoms with E-state index in [0.717, 1.165) is 36.3 Å². The van der Waals surface area contributed by atoms with Crippen molar-refractivity contribution in [3.05, 3.63) is 53.6 Å². The number of benzene rings is 2. The molecule has 2 aromatic rings. The highest BCUT2D eigenvalue weighted by molar-refractivity contribution is 5.95. The molecule has 0 spiro atoms. The smallest absolute Gasteiger partial charge is 0.224 e. The van der Waals surface area contributed by atoms with Gasteiger partial charge in [-0.3, -0.25) is 4.79 Å². The molecule has 0 saturated carbocycles. The molecule has 1 aliphatic heterocycles. The number of carbonyl (C=O) groups excluding carboxylic acids is 1. The third-order valence-corrected chi connectivity index (χ3v) is 3.74. The summed E-state index contributed by atoms with van der Waals surface area (Å²) in [7, 11) is 0. The fourth-order valence-corrected chi connectivity index (χ4v) is 2.58. The largest absolute Gasteiger partial charge is 0.397 e. The summed E-state index contributed by atoms with van der Waals surface area (Å²) in [4.78, 5) is 11.4. The maximum absolute atomic E-state index is 11.4. The van der Waals surface area contributed by atoms with Crippen molar-refractivity contribution >= 4 is 23.0 Å². The number of hydrogen-bond donors (Lipinski definition) is 3. The van der Waals surface area contributed by atoms with Gasteiger partial charge < -0.3 is 16.4 Å². The molecule has 1 amide bonds. The van der Waals surface area contributed by atoms with Crippen LogP contribution in [-0.2, 0) is 17.6 Å². The second-order valence-corrected chi connectivity index (χ2v) is 5.31. The van der Waals surface area contributed by atoms with Gasteiger partial charge in [0, 0.05) is 18.7 Å². The predicted molar refractivity (Wildman–Crippen MR) is 86.4 cm³/mol. The van der Waals surface area contributed by atoms with E-state index in [4.69, 9.17) is 5.73 Å². The third kappa shape index (κ3) is 3.16. The van der Waals surface area contributed by atoms with Crippen molar-refractivity contribution in [1.82, 2.24) is 0 Å². The molecule has 0 saturated heterocycles. The molecule has 1 heterocycles. The van der Waals surface area contributed by atoms with Gasteiger partial charge in [-0.05, 0) is 36.1 Å². The molecule has 108 valence electrons. The van der Waals surface area contributed by atoms with Gasteiger partial charge >= 0.3 is 0 Å². The van der Waals surface area contributed by atoms with Gasteiger partial charge in [-0.25, -0.2) is 0 Å². The minimum atomic E-state index is 0.0617. The highest BCUT2D eigenvalue weighted by atomic mass is 16.1. The first-order chi connectivity index (χ1) is 10.2. The van der Waals surface area contributed by atoms with Crippen LogP contribution in [0.15, 0.2) is 42.5 Å². The van der Waals surface area contributed by atoms with Gasteiger partial charge in [0.25, 0.3) is 0 Å². The Morgan fingerprint density at radius 1 is 1.14 bits per heavy atom. The summed E-state index contributed by atoms with van der Waals surface area (Å²) >= 11 is 0. The normalized spacial score (nSPS) is 13.4. The van der Waals surface area contributed by atoms with Crippen LogP contribution in [-0.4, -0.2) is 12.5 Å². The minimum Gasteiger partial charge on any atom is -0.397 e. The van der Waals surface area contributed by atoms with Crippen LogP contribution in [0.4, 0.5) is 17.1 Å². The van der Waals surface area contributed by atoms with E-state index in [-0.39, 0.29) is 5.91 Å². The standard InChI is InChI=1S/C17H19N3O/c18-14-11-15-13(6-7-17(21)20-15)10-16(14)19-9-8-12-4-2-1-3-5-12/h1-5,10-11,19H,6-9,18H2,(H,20,21). The van der Waals surface area contributed by atoms with Crippen LogP contribution in [0, 0.1) is 0 Å². The second kappa shape index (κ2) is 5.87. The van der Waals surface area contributed by atoms with Crippen LogP contribution in [0.25, 0.3) is 0 Å². The van der Waals surface area contributed by atoms with Gasteiger partial charge in [0.15, 0.2) is 0 Å². The SMILES string of the molecule is Nc1cc2c(cc1NCCc1ccccc1)CCC(=O)N2. The van der Waals surface area contributed by atoms with Crippen LogP contribution in [0.1, 0.15) is 17.5 Å². The van der Waals surface area contributed by atoms with E-state index in [2.05, 4.69) is 28.8 Å². The van der Waals surface area contributed by atoms with E-state index in [0.29, 0.717) is 12.1 Å². The van der Waals surface area contributed by atoms with E-state index in [1.807, 2.05) is 24.3 Å². The van der Waals surface area contributed by atoms with E-state index < -0.39 is 0 Å². The zero-order valence-electron chi connectivity index (χ0n) is 11.9. The molecule has 4 heteroatoms. The summed E-state index contributed by atoms with van der Waals surface area (Å²) in [6.07, 6.45) is 2.27. The number of nitrogens with one attached hydrogen (secondary N) is 2. The van der Waals surface area contributed by atoms with Crippen molar-refractivity contribution in [3.8, 4) is 0 Å². The molecule has 3 rings (SSSR count). The van der Waals surface area contributed by atoms with Crippen LogP contribution in [0.2, 0.25) is 0 Å². The van der Waals surface area contributed by atoms with Crippen molar-refractivity contribution in [2.45, 2.75) is 19.3 Å². The number of carbonyl (C=O) groups is 1. The second-order valence-electron chi connectivity index (χ2n) is 5.31. The zero-order chi connectivity index (χ0) is 14.7. The van der Waals surface area contributed by atoms with Crippen molar-refractivity contribution in [1.29, 1.82) is 0 Å². The molecule has 2 aromatic carbocycles.